The third kappa shape index (κ3) is 6.40. The standard InChI is InChI=1S/C29H32N2O4S/c1-34-26-15-8-16-27(35-2)24(26)18-30-28(32)21-12-7-13-23(17-21)36-19-22-11-5-6-14-25(22)31-29(33)20-9-3-4-10-20/h5-8,11-17,20H,3-4,9-10,18-19H2,1-2H3,(H,30,32)(H,31,33). The minimum absolute atomic E-state index is 0.121. The molecule has 0 aromatic heterocycles. The number of benzene rings is 3. The molecule has 1 saturated carbocycles. The second kappa shape index (κ2) is 12.5. The molecule has 0 bridgehead atoms. The lowest BCUT2D eigenvalue weighted by molar-refractivity contribution is -0.119. The van der Waals surface area contributed by atoms with E-state index in [2.05, 4.69) is 10.6 Å². The summed E-state index contributed by atoms with van der Waals surface area (Å²) in [6.07, 6.45) is 4.21. The highest BCUT2D eigenvalue weighted by molar-refractivity contribution is 7.98. The van der Waals surface area contributed by atoms with Gasteiger partial charge in [0.25, 0.3) is 5.91 Å². The van der Waals surface area contributed by atoms with Gasteiger partial charge >= 0.3 is 0 Å². The first-order valence-electron chi connectivity index (χ1n) is 12.2. The lowest BCUT2D eigenvalue weighted by Gasteiger charge is -2.14. The highest BCUT2D eigenvalue weighted by Gasteiger charge is 2.23. The van der Waals surface area contributed by atoms with Crippen LogP contribution in [0.15, 0.2) is 71.6 Å². The minimum atomic E-state index is -0.172. The van der Waals surface area contributed by atoms with Crippen LogP contribution in [0.3, 0.4) is 0 Å². The van der Waals surface area contributed by atoms with E-state index in [4.69, 9.17) is 9.47 Å². The first kappa shape index (κ1) is 25.6. The number of para-hydroxylation sites is 1. The molecule has 188 valence electrons. The van der Waals surface area contributed by atoms with Crippen molar-refractivity contribution in [3.8, 4) is 11.5 Å². The summed E-state index contributed by atoms with van der Waals surface area (Å²) in [4.78, 5) is 26.5. The normalized spacial score (nSPS) is 13.3. The molecule has 3 aromatic rings. The smallest absolute Gasteiger partial charge is 0.251 e. The number of carbonyl (C=O) groups is 2. The molecule has 4 rings (SSSR count). The Labute approximate surface area is 216 Å². The highest BCUT2D eigenvalue weighted by atomic mass is 32.2. The van der Waals surface area contributed by atoms with E-state index < -0.39 is 0 Å². The first-order valence-corrected chi connectivity index (χ1v) is 13.2. The van der Waals surface area contributed by atoms with E-state index in [0.717, 1.165) is 47.4 Å². The number of rotatable bonds is 10. The zero-order valence-corrected chi connectivity index (χ0v) is 21.5. The number of hydrogen-bond acceptors (Lipinski definition) is 5. The predicted octanol–water partition coefficient (Wildman–Crippen LogP) is 6.05. The van der Waals surface area contributed by atoms with E-state index in [1.54, 1.807) is 32.0 Å². The summed E-state index contributed by atoms with van der Waals surface area (Å²) in [5, 5.41) is 6.10. The molecule has 0 aliphatic heterocycles. The Morgan fingerprint density at radius 3 is 2.33 bits per heavy atom. The summed E-state index contributed by atoms with van der Waals surface area (Å²) in [5.74, 6) is 2.09. The summed E-state index contributed by atoms with van der Waals surface area (Å²) in [7, 11) is 3.19. The topological polar surface area (TPSA) is 76.7 Å². The van der Waals surface area contributed by atoms with Crippen LogP contribution in [0.4, 0.5) is 5.69 Å². The minimum Gasteiger partial charge on any atom is -0.496 e. The van der Waals surface area contributed by atoms with Crippen LogP contribution in [-0.4, -0.2) is 26.0 Å². The number of methoxy groups -OCH3 is 2. The van der Waals surface area contributed by atoms with Crippen molar-refractivity contribution < 1.29 is 19.1 Å². The van der Waals surface area contributed by atoms with E-state index in [9.17, 15) is 9.59 Å². The van der Waals surface area contributed by atoms with Gasteiger partial charge in [-0.1, -0.05) is 43.2 Å². The Bertz CT molecular complexity index is 1190. The van der Waals surface area contributed by atoms with Crippen molar-refractivity contribution in [2.45, 2.75) is 42.9 Å². The van der Waals surface area contributed by atoms with Gasteiger partial charge in [0.1, 0.15) is 11.5 Å². The van der Waals surface area contributed by atoms with Crippen molar-refractivity contribution in [2.24, 2.45) is 5.92 Å². The molecule has 1 fully saturated rings. The van der Waals surface area contributed by atoms with Gasteiger partial charge < -0.3 is 20.1 Å². The fourth-order valence-electron chi connectivity index (χ4n) is 4.45. The molecule has 0 spiro atoms. The molecular formula is C29H32N2O4S. The van der Waals surface area contributed by atoms with E-state index in [1.807, 2.05) is 60.7 Å². The molecule has 7 heteroatoms. The molecule has 0 unspecified atom stereocenters. The fraction of sp³-hybridized carbons (Fsp3) is 0.310. The molecule has 2 N–H and O–H groups in total. The fourth-order valence-corrected chi connectivity index (χ4v) is 5.41. The number of thioether (sulfide) groups is 1. The van der Waals surface area contributed by atoms with Crippen LogP contribution in [0.1, 0.15) is 47.2 Å². The van der Waals surface area contributed by atoms with Crippen LogP contribution in [-0.2, 0) is 17.1 Å². The second-order valence-corrected chi connectivity index (χ2v) is 9.82. The van der Waals surface area contributed by atoms with Crippen LogP contribution in [0.5, 0.6) is 11.5 Å². The lowest BCUT2D eigenvalue weighted by Crippen LogP contribution is -2.23. The van der Waals surface area contributed by atoms with E-state index in [0.29, 0.717) is 22.8 Å². The maximum Gasteiger partial charge on any atom is 0.251 e. The van der Waals surface area contributed by atoms with Crippen molar-refractivity contribution >= 4 is 29.3 Å². The Kier molecular flexibility index (Phi) is 8.90. The Hall–Kier alpha value is -3.45. The van der Waals surface area contributed by atoms with Gasteiger partial charge in [-0.15, -0.1) is 11.8 Å². The van der Waals surface area contributed by atoms with Gasteiger partial charge in [-0.05, 0) is 54.8 Å². The van der Waals surface area contributed by atoms with Gasteiger partial charge in [0.15, 0.2) is 0 Å². The second-order valence-electron chi connectivity index (χ2n) is 8.77. The Morgan fingerprint density at radius 1 is 0.917 bits per heavy atom. The summed E-state index contributed by atoms with van der Waals surface area (Å²) in [6.45, 7) is 0.289. The van der Waals surface area contributed by atoms with Gasteiger partial charge in [0, 0.05) is 27.8 Å². The highest BCUT2D eigenvalue weighted by Crippen LogP contribution is 2.31. The van der Waals surface area contributed by atoms with Gasteiger partial charge in [-0.25, -0.2) is 0 Å². The summed E-state index contributed by atoms with van der Waals surface area (Å²) in [6, 6.07) is 21.0. The maximum absolute atomic E-state index is 12.9. The summed E-state index contributed by atoms with van der Waals surface area (Å²) in [5.41, 5.74) is 3.29. The van der Waals surface area contributed by atoms with Crippen molar-refractivity contribution in [1.82, 2.24) is 5.32 Å². The monoisotopic (exact) mass is 504 g/mol. The number of amides is 2. The predicted molar refractivity (Wildman–Crippen MR) is 144 cm³/mol. The van der Waals surface area contributed by atoms with Crippen LogP contribution in [0.2, 0.25) is 0 Å². The van der Waals surface area contributed by atoms with Gasteiger partial charge in [-0.3, -0.25) is 9.59 Å². The van der Waals surface area contributed by atoms with E-state index in [1.165, 1.54) is 0 Å². The third-order valence-electron chi connectivity index (χ3n) is 6.45. The molecule has 1 aliphatic rings. The first-order chi connectivity index (χ1) is 17.6. The van der Waals surface area contributed by atoms with Gasteiger partial charge in [0.2, 0.25) is 5.91 Å². The number of anilines is 1. The molecule has 36 heavy (non-hydrogen) atoms. The van der Waals surface area contributed by atoms with Crippen LogP contribution >= 0.6 is 11.8 Å². The average Bonchev–Trinajstić information content (AvgIpc) is 3.46. The number of hydrogen-bond donors (Lipinski definition) is 2. The Morgan fingerprint density at radius 2 is 1.61 bits per heavy atom. The van der Waals surface area contributed by atoms with Crippen LogP contribution in [0, 0.1) is 5.92 Å². The zero-order chi connectivity index (χ0) is 25.3. The van der Waals surface area contributed by atoms with Crippen LogP contribution in [0.25, 0.3) is 0 Å². The maximum atomic E-state index is 12.9. The van der Waals surface area contributed by atoms with Crippen molar-refractivity contribution in [1.29, 1.82) is 0 Å². The van der Waals surface area contributed by atoms with Gasteiger partial charge in [0.05, 0.1) is 26.3 Å². The SMILES string of the molecule is COc1cccc(OC)c1CNC(=O)c1cccc(SCc2ccccc2NC(=O)C2CCCC2)c1. The molecule has 0 saturated heterocycles. The van der Waals surface area contributed by atoms with Crippen LogP contribution < -0.4 is 20.1 Å². The van der Waals surface area contributed by atoms with Crippen molar-refractivity contribution in [3.05, 3.63) is 83.4 Å². The lowest BCUT2D eigenvalue weighted by atomic mass is 10.1. The summed E-state index contributed by atoms with van der Waals surface area (Å²) < 4.78 is 10.8. The molecule has 6 nitrogen and oxygen atoms in total. The molecular weight excluding hydrogens is 472 g/mol. The zero-order valence-electron chi connectivity index (χ0n) is 20.7. The third-order valence-corrected chi connectivity index (χ3v) is 7.49. The summed E-state index contributed by atoms with van der Waals surface area (Å²) >= 11 is 1.63. The molecule has 0 atom stereocenters. The van der Waals surface area contributed by atoms with E-state index in [-0.39, 0.29) is 24.3 Å². The number of nitrogens with one attached hydrogen (secondary N) is 2. The van der Waals surface area contributed by atoms with Crippen molar-refractivity contribution in [3.63, 3.8) is 0 Å². The number of ether oxygens (including phenoxy) is 2. The molecule has 3 aromatic carbocycles. The molecule has 0 heterocycles. The average molecular weight is 505 g/mol. The molecule has 2 amide bonds. The molecule has 1 aliphatic carbocycles. The van der Waals surface area contributed by atoms with E-state index >= 15 is 0 Å². The van der Waals surface area contributed by atoms with Gasteiger partial charge in [-0.2, -0.15) is 0 Å². The molecule has 0 radical (unpaired) electrons. The quantitative estimate of drug-likeness (QED) is 0.329. The Balaban J connectivity index is 1.38. The number of carbonyl (C=O) groups excluding carboxylic acids is 2. The van der Waals surface area contributed by atoms with Crippen molar-refractivity contribution in [2.75, 3.05) is 19.5 Å². The largest absolute Gasteiger partial charge is 0.496 e.